The summed E-state index contributed by atoms with van der Waals surface area (Å²) in [5, 5.41) is 55.1. The molecule has 8 heteroatoms. The van der Waals surface area contributed by atoms with Gasteiger partial charge in [0.1, 0.15) is 35.1 Å². The molecule has 4 atom stereocenters. The van der Waals surface area contributed by atoms with Crippen molar-refractivity contribution in [2.75, 3.05) is 14.2 Å². The molecule has 0 fully saturated rings. The van der Waals surface area contributed by atoms with Crippen LogP contribution >= 0.6 is 0 Å². The van der Waals surface area contributed by atoms with Crippen LogP contribution in [0.25, 0.3) is 0 Å². The first kappa shape index (κ1) is 20.6. The third-order valence-electron chi connectivity index (χ3n) is 6.36. The van der Waals surface area contributed by atoms with Crippen molar-refractivity contribution >= 4 is 5.78 Å². The third-order valence-corrected chi connectivity index (χ3v) is 6.36. The fourth-order valence-corrected chi connectivity index (χ4v) is 4.73. The molecule has 30 heavy (non-hydrogen) atoms. The fraction of sp³-hybridized carbons (Fsp3) is 0.409. The number of hydrogen-bond donors (Lipinski definition) is 5. The Kier molecular flexibility index (Phi) is 4.78. The summed E-state index contributed by atoms with van der Waals surface area (Å²) < 4.78 is 10.7. The van der Waals surface area contributed by atoms with Crippen molar-refractivity contribution in [3.8, 4) is 17.2 Å². The molecule has 4 rings (SSSR count). The maximum atomic E-state index is 12.1. The lowest BCUT2D eigenvalue weighted by Crippen LogP contribution is -2.44. The Morgan fingerprint density at radius 2 is 1.70 bits per heavy atom. The predicted molar refractivity (Wildman–Crippen MR) is 105 cm³/mol. The minimum Gasteiger partial charge on any atom is -0.507 e. The van der Waals surface area contributed by atoms with Crippen LogP contribution in [0, 0.1) is 0 Å². The van der Waals surface area contributed by atoms with Crippen molar-refractivity contribution in [2.45, 2.75) is 43.7 Å². The molecule has 0 aliphatic heterocycles. The van der Waals surface area contributed by atoms with E-state index < -0.39 is 29.7 Å². The Bertz CT molecular complexity index is 1050. The maximum Gasteiger partial charge on any atom is 0.161 e. The maximum absolute atomic E-state index is 12.1. The molecule has 2 aliphatic carbocycles. The van der Waals surface area contributed by atoms with Crippen LogP contribution < -0.4 is 4.74 Å². The predicted octanol–water partition coefficient (Wildman–Crippen LogP) is 1.54. The first-order valence-corrected chi connectivity index (χ1v) is 9.55. The van der Waals surface area contributed by atoms with Gasteiger partial charge >= 0.3 is 0 Å². The summed E-state index contributed by atoms with van der Waals surface area (Å²) in [5.41, 5.74) is -0.993. The number of carbonyl (C=O) groups excluding carboxylic acids is 1. The van der Waals surface area contributed by atoms with Crippen LogP contribution in [0.4, 0.5) is 0 Å². The summed E-state index contributed by atoms with van der Waals surface area (Å²) in [6.45, 7) is 1.24. The quantitative estimate of drug-likeness (QED) is 0.475. The van der Waals surface area contributed by atoms with Crippen LogP contribution in [0.1, 0.15) is 65.0 Å². The van der Waals surface area contributed by atoms with Gasteiger partial charge in [0.15, 0.2) is 5.78 Å². The number of phenols is 2. The Morgan fingerprint density at radius 3 is 2.30 bits per heavy atom. The van der Waals surface area contributed by atoms with E-state index in [9.17, 15) is 30.3 Å². The molecule has 8 nitrogen and oxygen atoms in total. The average molecular weight is 416 g/mol. The number of hydrogen-bond acceptors (Lipinski definition) is 8. The molecular formula is C22H24O8. The van der Waals surface area contributed by atoms with E-state index >= 15 is 0 Å². The van der Waals surface area contributed by atoms with Gasteiger partial charge in [0.05, 0.1) is 13.2 Å². The third kappa shape index (κ3) is 2.65. The molecule has 0 amide bonds. The van der Waals surface area contributed by atoms with E-state index in [0.717, 1.165) is 0 Å². The average Bonchev–Trinajstić information content (AvgIpc) is 2.73. The van der Waals surface area contributed by atoms with Crippen LogP contribution in [-0.4, -0.2) is 51.1 Å². The van der Waals surface area contributed by atoms with Gasteiger partial charge in [0.25, 0.3) is 0 Å². The summed E-state index contributed by atoms with van der Waals surface area (Å²) in [4.78, 5) is 12.1. The molecule has 2 aromatic rings. The van der Waals surface area contributed by atoms with Gasteiger partial charge in [0, 0.05) is 47.8 Å². The number of carbonyl (C=O) groups is 1. The number of aliphatic hydroxyl groups is 3. The number of benzene rings is 2. The number of aliphatic hydroxyl groups excluding tert-OH is 2. The van der Waals surface area contributed by atoms with Gasteiger partial charge in [-0.2, -0.15) is 0 Å². The number of ketones is 1. The molecule has 0 saturated carbocycles. The summed E-state index contributed by atoms with van der Waals surface area (Å²) in [7, 11) is 2.79. The van der Waals surface area contributed by atoms with Crippen molar-refractivity contribution in [3.05, 3.63) is 51.6 Å². The van der Waals surface area contributed by atoms with Crippen LogP contribution in [0.15, 0.2) is 18.2 Å². The van der Waals surface area contributed by atoms with Gasteiger partial charge in [-0.15, -0.1) is 0 Å². The van der Waals surface area contributed by atoms with Crippen molar-refractivity contribution in [1.29, 1.82) is 0 Å². The molecule has 0 radical (unpaired) electrons. The topological polar surface area (TPSA) is 137 Å². The normalized spacial score (nSPS) is 27.1. The van der Waals surface area contributed by atoms with Crippen molar-refractivity contribution in [2.24, 2.45) is 0 Å². The number of aromatic hydroxyl groups is 2. The van der Waals surface area contributed by atoms with Crippen LogP contribution in [0.3, 0.4) is 0 Å². The number of methoxy groups -OCH3 is 2. The van der Waals surface area contributed by atoms with Crippen molar-refractivity contribution in [1.82, 2.24) is 0 Å². The number of ether oxygens (including phenoxy) is 2. The largest absolute Gasteiger partial charge is 0.507 e. The first-order valence-electron chi connectivity index (χ1n) is 9.55. The Hall–Kier alpha value is -2.65. The minimum absolute atomic E-state index is 0.0499. The summed E-state index contributed by atoms with van der Waals surface area (Å²) >= 11 is 0. The van der Waals surface area contributed by atoms with Crippen molar-refractivity contribution in [3.63, 3.8) is 0 Å². The highest BCUT2D eigenvalue weighted by molar-refractivity contribution is 5.86. The fourth-order valence-electron chi connectivity index (χ4n) is 4.73. The van der Waals surface area contributed by atoms with Gasteiger partial charge in [-0.1, -0.05) is 12.1 Å². The molecule has 4 unspecified atom stereocenters. The standard InChI is InChI=1S/C22H24O8/c1-9(23)22(28)7-11-15(13(8-22)30-3)21(27)17-16(19(11)25)18(24)10-5-4-6-12(29-2)14(10)20(17)26/h4-6,13,18,20,24-28H,7-8H2,1-3H3. The summed E-state index contributed by atoms with van der Waals surface area (Å²) in [6.07, 6.45) is -4.01. The molecule has 160 valence electrons. The van der Waals surface area contributed by atoms with Crippen LogP contribution in [-0.2, 0) is 16.0 Å². The van der Waals surface area contributed by atoms with Crippen LogP contribution in [0.2, 0.25) is 0 Å². The second-order valence-corrected chi connectivity index (χ2v) is 7.88. The van der Waals surface area contributed by atoms with Gasteiger partial charge in [-0.05, 0) is 18.6 Å². The highest BCUT2D eigenvalue weighted by Crippen LogP contribution is 2.56. The smallest absolute Gasteiger partial charge is 0.161 e. The Balaban J connectivity index is 2.02. The second-order valence-electron chi connectivity index (χ2n) is 7.88. The zero-order chi connectivity index (χ0) is 22.0. The van der Waals surface area contributed by atoms with E-state index in [1.807, 2.05) is 0 Å². The summed E-state index contributed by atoms with van der Waals surface area (Å²) in [5.74, 6) is -0.907. The van der Waals surface area contributed by atoms with Gasteiger partial charge < -0.3 is 35.0 Å². The number of rotatable bonds is 3. The van der Waals surface area contributed by atoms with E-state index in [4.69, 9.17) is 9.47 Å². The van der Waals surface area contributed by atoms with E-state index in [1.165, 1.54) is 21.1 Å². The SMILES string of the molecule is COc1cccc2c1C(O)c1c(O)c3c(c(O)c1C2O)CC(O)(C(C)=O)CC3OC. The zero-order valence-electron chi connectivity index (χ0n) is 16.8. The number of fused-ring (bicyclic) bond motifs is 3. The number of phenolic OH excluding ortho intramolecular Hbond substituents is 2. The monoisotopic (exact) mass is 416 g/mol. The zero-order valence-corrected chi connectivity index (χ0v) is 16.8. The Labute approximate surface area is 172 Å². The number of Topliss-reactive ketones (excluding diaryl/α,β-unsaturated/α-hetero) is 1. The highest BCUT2D eigenvalue weighted by Gasteiger charge is 2.47. The molecule has 2 aliphatic rings. The molecular weight excluding hydrogens is 392 g/mol. The first-order chi connectivity index (χ1) is 14.2. The lowest BCUT2D eigenvalue weighted by molar-refractivity contribution is -0.140. The molecule has 0 bridgehead atoms. The van der Waals surface area contributed by atoms with Crippen molar-refractivity contribution < 1.29 is 39.8 Å². The second kappa shape index (κ2) is 6.95. The highest BCUT2D eigenvalue weighted by atomic mass is 16.5. The van der Waals surface area contributed by atoms with Gasteiger partial charge in [-0.3, -0.25) is 4.79 Å². The molecule has 5 N–H and O–H groups in total. The minimum atomic E-state index is -1.79. The molecule has 0 heterocycles. The lowest BCUT2D eigenvalue weighted by Gasteiger charge is -2.39. The lowest BCUT2D eigenvalue weighted by atomic mass is 9.71. The molecule has 2 aromatic carbocycles. The molecule has 0 spiro atoms. The molecule has 0 saturated heterocycles. The van der Waals surface area contributed by atoms with E-state index in [1.54, 1.807) is 18.2 Å². The van der Waals surface area contributed by atoms with E-state index in [0.29, 0.717) is 16.9 Å². The van der Waals surface area contributed by atoms with E-state index in [2.05, 4.69) is 0 Å². The van der Waals surface area contributed by atoms with Gasteiger partial charge in [0.2, 0.25) is 0 Å². The van der Waals surface area contributed by atoms with Crippen LogP contribution in [0.5, 0.6) is 17.2 Å². The Morgan fingerprint density at radius 1 is 1.03 bits per heavy atom. The molecule has 0 aromatic heterocycles. The summed E-state index contributed by atoms with van der Waals surface area (Å²) in [6, 6.07) is 4.86. The van der Waals surface area contributed by atoms with E-state index in [-0.39, 0.29) is 46.6 Å². The van der Waals surface area contributed by atoms with Gasteiger partial charge in [-0.25, -0.2) is 0 Å².